The molecule has 5 rings (SSSR count). The largest absolute Gasteiger partial charge is 0.370 e. The van der Waals surface area contributed by atoms with Crippen molar-refractivity contribution in [2.75, 3.05) is 38.6 Å². The van der Waals surface area contributed by atoms with E-state index in [1.807, 2.05) is 54.6 Å². The van der Waals surface area contributed by atoms with Gasteiger partial charge in [0.2, 0.25) is 0 Å². The number of rotatable bonds is 8. The number of hydrogen-bond donors (Lipinski definition) is 1. The first kappa shape index (κ1) is 22.3. The summed E-state index contributed by atoms with van der Waals surface area (Å²) in [5.74, 6) is 0.285. The molecule has 170 valence electrons. The van der Waals surface area contributed by atoms with E-state index in [4.69, 9.17) is 9.72 Å². The van der Waals surface area contributed by atoms with Crippen molar-refractivity contribution in [3.8, 4) is 0 Å². The number of morpholine rings is 1. The number of ether oxygens (including phenoxy) is 1. The first-order valence-electron chi connectivity index (χ1n) is 11.2. The minimum atomic E-state index is -0.00663. The summed E-state index contributed by atoms with van der Waals surface area (Å²) in [7, 11) is 0. The Morgan fingerprint density at radius 1 is 1.09 bits per heavy atom. The van der Waals surface area contributed by atoms with Gasteiger partial charge in [0.1, 0.15) is 17.8 Å². The molecule has 0 aliphatic carbocycles. The molecule has 0 saturated carbocycles. The van der Waals surface area contributed by atoms with E-state index in [0.29, 0.717) is 22.0 Å². The highest BCUT2D eigenvalue weighted by Crippen LogP contribution is 2.32. The minimum absolute atomic E-state index is 0.00663. The maximum Gasteiger partial charge on any atom is 0.272 e. The van der Waals surface area contributed by atoms with Gasteiger partial charge in [-0.15, -0.1) is 11.3 Å². The molecular formula is C25H26N3O3S2+. The zero-order valence-electron chi connectivity index (χ0n) is 18.3. The third-order valence-corrected chi connectivity index (χ3v) is 8.11. The standard InChI is InChI=1S/C25H25N3O3S2/c29-20(18-7-2-1-3-8-18)17-32-25-26-22-19-9-4-5-10-21(19)33-23(22)24(30)28(25)12-6-11-27-13-15-31-16-14-27/h1-5,7-10H,6,11-17H2/p+1. The Balaban J connectivity index is 1.44. The van der Waals surface area contributed by atoms with E-state index in [2.05, 4.69) is 0 Å². The Morgan fingerprint density at radius 2 is 1.85 bits per heavy atom. The molecule has 2 aromatic heterocycles. The summed E-state index contributed by atoms with van der Waals surface area (Å²) in [6.45, 7) is 5.21. The Hall–Kier alpha value is -2.52. The van der Waals surface area contributed by atoms with Crippen LogP contribution < -0.4 is 10.5 Å². The highest BCUT2D eigenvalue weighted by Gasteiger charge is 2.19. The molecule has 1 aliphatic heterocycles. The summed E-state index contributed by atoms with van der Waals surface area (Å²) in [6, 6.07) is 17.3. The van der Waals surface area contributed by atoms with Crippen LogP contribution in [-0.4, -0.2) is 53.9 Å². The Labute approximate surface area is 200 Å². The van der Waals surface area contributed by atoms with E-state index in [9.17, 15) is 9.59 Å². The van der Waals surface area contributed by atoms with Crippen molar-refractivity contribution in [3.63, 3.8) is 0 Å². The maximum atomic E-state index is 13.5. The lowest BCUT2D eigenvalue weighted by atomic mass is 10.2. The summed E-state index contributed by atoms with van der Waals surface area (Å²) in [5, 5.41) is 1.62. The molecule has 6 nitrogen and oxygen atoms in total. The van der Waals surface area contributed by atoms with Crippen LogP contribution in [0.4, 0.5) is 0 Å². The van der Waals surface area contributed by atoms with E-state index >= 15 is 0 Å². The van der Waals surface area contributed by atoms with Crippen molar-refractivity contribution < 1.29 is 14.4 Å². The highest BCUT2D eigenvalue weighted by molar-refractivity contribution is 7.99. The fourth-order valence-electron chi connectivity index (χ4n) is 4.20. The molecule has 1 aliphatic rings. The van der Waals surface area contributed by atoms with Gasteiger partial charge in [0.05, 0.1) is 31.0 Å². The molecule has 3 heterocycles. The van der Waals surface area contributed by atoms with Crippen LogP contribution in [0.3, 0.4) is 0 Å². The van der Waals surface area contributed by atoms with Crippen molar-refractivity contribution in [2.45, 2.75) is 18.1 Å². The average molecular weight is 481 g/mol. The molecule has 1 saturated heterocycles. The van der Waals surface area contributed by atoms with Crippen LogP contribution in [0.1, 0.15) is 16.8 Å². The Kier molecular flexibility index (Phi) is 6.87. The molecule has 2 aromatic carbocycles. The first-order valence-corrected chi connectivity index (χ1v) is 13.1. The smallest absolute Gasteiger partial charge is 0.272 e. The van der Waals surface area contributed by atoms with Gasteiger partial charge in [0.15, 0.2) is 10.9 Å². The fraction of sp³-hybridized carbons (Fsp3) is 0.320. The third-order valence-electron chi connectivity index (χ3n) is 5.99. The monoisotopic (exact) mass is 480 g/mol. The van der Waals surface area contributed by atoms with Gasteiger partial charge >= 0.3 is 0 Å². The SMILES string of the molecule is O=C(CSc1nc2c(sc3ccccc32)c(=O)n1CCC[NH+]1CCOCC1)c1ccccc1. The topological polar surface area (TPSA) is 65.6 Å². The van der Waals surface area contributed by atoms with Gasteiger partial charge in [-0.1, -0.05) is 60.3 Å². The van der Waals surface area contributed by atoms with E-state index in [1.54, 1.807) is 4.57 Å². The van der Waals surface area contributed by atoms with Crippen molar-refractivity contribution in [1.29, 1.82) is 0 Å². The van der Waals surface area contributed by atoms with Crippen molar-refractivity contribution in [2.24, 2.45) is 0 Å². The van der Waals surface area contributed by atoms with Crippen LogP contribution >= 0.6 is 23.1 Å². The second-order valence-corrected chi connectivity index (χ2v) is 10.2. The number of thiophene rings is 1. The van der Waals surface area contributed by atoms with Gasteiger partial charge in [-0.05, 0) is 6.07 Å². The highest BCUT2D eigenvalue weighted by atomic mass is 32.2. The van der Waals surface area contributed by atoms with Gasteiger partial charge < -0.3 is 9.64 Å². The molecule has 33 heavy (non-hydrogen) atoms. The molecule has 0 atom stereocenters. The van der Waals surface area contributed by atoms with Crippen LogP contribution in [0, 0.1) is 0 Å². The van der Waals surface area contributed by atoms with Crippen molar-refractivity contribution in [1.82, 2.24) is 9.55 Å². The number of thioether (sulfide) groups is 1. The summed E-state index contributed by atoms with van der Waals surface area (Å²) in [5.41, 5.74) is 1.41. The predicted molar refractivity (Wildman–Crippen MR) is 134 cm³/mol. The van der Waals surface area contributed by atoms with Gasteiger partial charge in [0.25, 0.3) is 5.56 Å². The molecule has 0 amide bonds. The molecule has 4 aromatic rings. The molecule has 0 unspecified atom stereocenters. The normalized spacial score (nSPS) is 14.8. The quantitative estimate of drug-likeness (QED) is 0.239. The average Bonchev–Trinajstić information content (AvgIpc) is 3.24. The third kappa shape index (κ3) is 4.89. The van der Waals surface area contributed by atoms with E-state index in [-0.39, 0.29) is 17.1 Å². The number of aromatic nitrogens is 2. The molecule has 1 fully saturated rings. The molecule has 0 radical (unpaired) electrons. The van der Waals surface area contributed by atoms with E-state index in [0.717, 1.165) is 54.9 Å². The number of carbonyl (C=O) groups excluding carboxylic acids is 1. The Morgan fingerprint density at radius 3 is 2.67 bits per heavy atom. The number of quaternary nitrogens is 1. The summed E-state index contributed by atoms with van der Waals surface area (Å²) in [6.07, 6.45) is 0.882. The van der Waals surface area contributed by atoms with E-state index < -0.39 is 0 Å². The lowest BCUT2D eigenvalue weighted by molar-refractivity contribution is -0.908. The zero-order chi connectivity index (χ0) is 22.6. The number of nitrogens with zero attached hydrogens (tertiary/aromatic N) is 2. The lowest BCUT2D eigenvalue weighted by Gasteiger charge is -2.23. The predicted octanol–water partition coefficient (Wildman–Crippen LogP) is 2.89. The van der Waals surface area contributed by atoms with Crippen LogP contribution in [-0.2, 0) is 11.3 Å². The minimum Gasteiger partial charge on any atom is -0.370 e. The fourth-order valence-corrected chi connectivity index (χ4v) is 6.20. The molecule has 1 N–H and O–H groups in total. The number of benzene rings is 2. The second-order valence-electron chi connectivity index (χ2n) is 8.17. The summed E-state index contributed by atoms with van der Waals surface area (Å²) < 4.78 is 8.98. The van der Waals surface area contributed by atoms with Gasteiger partial charge in [-0.2, -0.15) is 0 Å². The number of hydrogen-bond acceptors (Lipinski definition) is 6. The van der Waals surface area contributed by atoms with Crippen LogP contribution in [0.15, 0.2) is 64.5 Å². The number of fused-ring (bicyclic) bond motifs is 3. The van der Waals surface area contributed by atoms with Crippen LogP contribution in [0.5, 0.6) is 0 Å². The van der Waals surface area contributed by atoms with Gasteiger partial charge in [0, 0.05) is 28.6 Å². The molecule has 0 bridgehead atoms. The number of ketones is 1. The second kappa shape index (κ2) is 10.2. The number of nitrogens with one attached hydrogen (secondary N) is 1. The first-order chi connectivity index (χ1) is 16.2. The summed E-state index contributed by atoms with van der Waals surface area (Å²) in [4.78, 5) is 32.7. The Bertz CT molecular complexity index is 1330. The van der Waals surface area contributed by atoms with Crippen molar-refractivity contribution in [3.05, 3.63) is 70.5 Å². The number of carbonyl (C=O) groups is 1. The van der Waals surface area contributed by atoms with E-state index in [1.165, 1.54) is 28.0 Å². The summed E-state index contributed by atoms with van der Waals surface area (Å²) >= 11 is 2.86. The zero-order valence-corrected chi connectivity index (χ0v) is 19.9. The molecule has 0 spiro atoms. The lowest BCUT2D eigenvalue weighted by Crippen LogP contribution is -3.14. The van der Waals surface area contributed by atoms with Crippen molar-refractivity contribution >= 4 is 49.2 Å². The molecular weight excluding hydrogens is 454 g/mol. The van der Waals surface area contributed by atoms with Crippen LogP contribution in [0.2, 0.25) is 0 Å². The van der Waals surface area contributed by atoms with Gasteiger partial charge in [-0.3, -0.25) is 14.2 Å². The van der Waals surface area contributed by atoms with Crippen LogP contribution in [0.25, 0.3) is 20.3 Å². The number of Topliss-reactive ketones (excluding diaryl/α,β-unsaturated/α-hetero) is 1. The molecule has 8 heteroatoms. The maximum absolute atomic E-state index is 13.5. The van der Waals surface area contributed by atoms with Gasteiger partial charge in [-0.25, -0.2) is 4.98 Å².